The number of rotatable bonds is 3. The fourth-order valence-electron chi connectivity index (χ4n) is 4.47. The summed E-state index contributed by atoms with van der Waals surface area (Å²) in [6.45, 7) is 2.09. The molecule has 0 N–H and O–H groups in total. The van der Waals surface area contributed by atoms with Crippen molar-refractivity contribution in [1.82, 2.24) is 24.2 Å². The van der Waals surface area contributed by atoms with Crippen molar-refractivity contribution in [2.75, 3.05) is 13.1 Å². The van der Waals surface area contributed by atoms with Gasteiger partial charge in [0.25, 0.3) is 5.91 Å². The van der Waals surface area contributed by atoms with Crippen LogP contribution in [0.1, 0.15) is 41.4 Å². The molecule has 0 unspecified atom stereocenters. The molecule has 0 aromatic carbocycles. The molecule has 2 aromatic heterocycles. The van der Waals surface area contributed by atoms with Gasteiger partial charge in [-0.1, -0.05) is 6.42 Å². The maximum absolute atomic E-state index is 12.7. The minimum Gasteiger partial charge on any atom is -0.338 e. The highest BCUT2D eigenvalue weighted by Gasteiger charge is 2.44. The molecule has 140 valence electrons. The first-order valence-corrected chi connectivity index (χ1v) is 9.53. The lowest BCUT2D eigenvalue weighted by molar-refractivity contribution is 0.0782. The molecule has 1 saturated heterocycles. The summed E-state index contributed by atoms with van der Waals surface area (Å²) in [5.74, 6) is 1.23. The summed E-state index contributed by atoms with van der Waals surface area (Å²) >= 11 is 0. The molecule has 2 atom stereocenters. The fourth-order valence-corrected chi connectivity index (χ4v) is 4.47. The Kier molecular flexibility index (Phi) is 3.73. The van der Waals surface area contributed by atoms with Crippen molar-refractivity contribution in [3.8, 4) is 0 Å². The van der Waals surface area contributed by atoms with Gasteiger partial charge < -0.3 is 4.90 Å². The summed E-state index contributed by atoms with van der Waals surface area (Å²) in [6.07, 6.45) is 6.58. The molecular weight excluding hydrogens is 346 g/mol. The van der Waals surface area contributed by atoms with Gasteiger partial charge >= 0.3 is 11.1 Å². The monoisotopic (exact) mass is 367 g/mol. The normalized spacial score (nSPS) is 23.8. The van der Waals surface area contributed by atoms with E-state index in [0.29, 0.717) is 43.5 Å². The molecule has 3 aliphatic rings. The lowest BCUT2D eigenvalue weighted by Crippen LogP contribution is -2.45. The molecule has 2 fully saturated rings. The summed E-state index contributed by atoms with van der Waals surface area (Å²) in [7, 11) is 0. The number of nitrogens with zero attached hydrogens (tertiary/aromatic N) is 5. The van der Waals surface area contributed by atoms with Gasteiger partial charge in [0.05, 0.1) is 0 Å². The summed E-state index contributed by atoms with van der Waals surface area (Å²) in [6, 6.07) is 3.42. The van der Waals surface area contributed by atoms with E-state index in [9.17, 15) is 14.4 Å². The fraction of sp³-hybridized carbons (Fsp3) is 0.526. The van der Waals surface area contributed by atoms with Crippen molar-refractivity contribution in [2.45, 2.75) is 38.3 Å². The van der Waals surface area contributed by atoms with Gasteiger partial charge in [0.1, 0.15) is 5.82 Å². The number of hydrogen-bond acceptors (Lipinski definition) is 5. The summed E-state index contributed by atoms with van der Waals surface area (Å²) in [4.78, 5) is 43.4. The van der Waals surface area contributed by atoms with E-state index in [1.54, 1.807) is 24.5 Å². The smallest absolute Gasteiger partial charge is 0.332 e. The maximum Gasteiger partial charge on any atom is 0.332 e. The second kappa shape index (κ2) is 6.14. The van der Waals surface area contributed by atoms with Crippen molar-refractivity contribution in [3.05, 3.63) is 56.6 Å². The zero-order valence-corrected chi connectivity index (χ0v) is 15.0. The predicted molar refractivity (Wildman–Crippen MR) is 96.5 cm³/mol. The van der Waals surface area contributed by atoms with Crippen LogP contribution >= 0.6 is 0 Å². The largest absolute Gasteiger partial charge is 0.338 e. The third kappa shape index (κ3) is 2.62. The van der Waals surface area contributed by atoms with Crippen LogP contribution in [0.4, 0.5) is 0 Å². The molecule has 2 aliphatic heterocycles. The Morgan fingerprint density at radius 3 is 2.56 bits per heavy atom. The maximum atomic E-state index is 12.7. The highest BCUT2D eigenvalue weighted by molar-refractivity contribution is 5.94. The van der Waals surface area contributed by atoms with Gasteiger partial charge in [-0.3, -0.25) is 23.9 Å². The minimum absolute atomic E-state index is 0.0109. The number of likely N-dealkylation sites (tertiary alicyclic amines) is 1. The van der Waals surface area contributed by atoms with Gasteiger partial charge in [-0.05, 0) is 30.9 Å². The van der Waals surface area contributed by atoms with Crippen LogP contribution < -0.4 is 11.1 Å². The van der Waals surface area contributed by atoms with E-state index in [1.165, 1.54) is 15.7 Å². The quantitative estimate of drug-likeness (QED) is 0.736. The zero-order chi connectivity index (χ0) is 18.5. The minimum atomic E-state index is -0.518. The van der Waals surface area contributed by atoms with E-state index in [4.69, 9.17) is 0 Å². The van der Waals surface area contributed by atoms with Crippen LogP contribution in [-0.2, 0) is 13.1 Å². The number of carbonyl (C=O) groups is 1. The number of aromatic nitrogens is 4. The molecule has 0 radical (unpaired) electrons. The van der Waals surface area contributed by atoms with Gasteiger partial charge in [0.2, 0.25) is 0 Å². The first kappa shape index (κ1) is 16.4. The molecule has 0 bridgehead atoms. The van der Waals surface area contributed by atoms with E-state index in [0.717, 1.165) is 12.8 Å². The van der Waals surface area contributed by atoms with Crippen LogP contribution in [-0.4, -0.2) is 43.2 Å². The van der Waals surface area contributed by atoms with Crippen LogP contribution in [0.3, 0.4) is 0 Å². The van der Waals surface area contributed by atoms with Crippen molar-refractivity contribution in [3.63, 3.8) is 0 Å². The van der Waals surface area contributed by atoms with E-state index in [-0.39, 0.29) is 17.7 Å². The lowest BCUT2D eigenvalue weighted by atomic mass is 9.85. The van der Waals surface area contributed by atoms with Crippen molar-refractivity contribution in [2.24, 2.45) is 11.8 Å². The molecule has 5 rings (SSSR count). The zero-order valence-electron chi connectivity index (χ0n) is 15.0. The van der Waals surface area contributed by atoms with E-state index < -0.39 is 11.1 Å². The molecule has 4 heterocycles. The van der Waals surface area contributed by atoms with Crippen LogP contribution in [0.15, 0.2) is 34.1 Å². The number of carbonyl (C=O) groups excluding carboxylic acids is 1. The summed E-state index contributed by atoms with van der Waals surface area (Å²) in [5, 5.41) is 4.56. The Morgan fingerprint density at radius 1 is 1.07 bits per heavy atom. The number of hydrogen-bond donors (Lipinski definition) is 0. The second-order valence-corrected chi connectivity index (χ2v) is 7.87. The van der Waals surface area contributed by atoms with E-state index in [2.05, 4.69) is 10.1 Å². The molecule has 1 saturated carbocycles. The SMILES string of the molecule is O=C(c1ccncc1)N1C[C@H]2Cn3c(nn(CC4CCC4)c(=O)c3=O)[C@@H]2C1. The number of pyridine rings is 1. The molecular formula is C19H21N5O3. The van der Waals surface area contributed by atoms with Gasteiger partial charge in [0.15, 0.2) is 0 Å². The third-order valence-electron chi connectivity index (χ3n) is 6.22. The number of fused-ring (bicyclic) bond motifs is 3. The molecule has 1 amide bonds. The topological polar surface area (TPSA) is 90.1 Å². The summed E-state index contributed by atoms with van der Waals surface area (Å²) < 4.78 is 2.90. The van der Waals surface area contributed by atoms with Crippen LogP contribution in [0, 0.1) is 11.8 Å². The molecule has 1 aliphatic carbocycles. The number of amides is 1. The Bertz CT molecular complexity index is 1010. The average molecular weight is 367 g/mol. The average Bonchev–Trinajstić information content (AvgIpc) is 3.21. The van der Waals surface area contributed by atoms with E-state index >= 15 is 0 Å². The summed E-state index contributed by atoms with van der Waals surface area (Å²) in [5.41, 5.74) is -0.374. The van der Waals surface area contributed by atoms with Gasteiger partial charge in [-0.15, -0.1) is 0 Å². The van der Waals surface area contributed by atoms with Crippen LogP contribution in [0.25, 0.3) is 0 Å². The Hall–Kier alpha value is -2.77. The molecule has 8 nitrogen and oxygen atoms in total. The molecule has 0 spiro atoms. The van der Waals surface area contributed by atoms with Crippen molar-refractivity contribution >= 4 is 5.91 Å². The first-order chi connectivity index (χ1) is 13.1. The highest BCUT2D eigenvalue weighted by atomic mass is 16.2. The van der Waals surface area contributed by atoms with Gasteiger partial charge in [-0.2, -0.15) is 5.10 Å². The third-order valence-corrected chi connectivity index (χ3v) is 6.22. The van der Waals surface area contributed by atoms with Crippen LogP contribution in [0.2, 0.25) is 0 Å². The second-order valence-electron chi connectivity index (χ2n) is 7.87. The Morgan fingerprint density at radius 2 is 1.85 bits per heavy atom. The Balaban J connectivity index is 1.43. The molecule has 8 heteroatoms. The van der Waals surface area contributed by atoms with Gasteiger partial charge in [-0.25, -0.2) is 4.68 Å². The Labute approximate surface area is 155 Å². The van der Waals surface area contributed by atoms with E-state index in [1.807, 2.05) is 4.90 Å². The predicted octanol–water partition coefficient (Wildman–Crippen LogP) is 0.469. The lowest BCUT2D eigenvalue weighted by Gasteiger charge is -2.25. The molecule has 2 aromatic rings. The molecule has 27 heavy (non-hydrogen) atoms. The van der Waals surface area contributed by atoms with Crippen LogP contribution in [0.5, 0.6) is 0 Å². The van der Waals surface area contributed by atoms with Crippen molar-refractivity contribution in [1.29, 1.82) is 0 Å². The van der Waals surface area contributed by atoms with Crippen molar-refractivity contribution < 1.29 is 4.79 Å². The first-order valence-electron chi connectivity index (χ1n) is 9.53. The standard InChI is InChI=1S/C19H21N5O3/c25-17(13-4-6-20-7-5-13)22-9-14-10-23-16(15(14)11-22)21-24(19(27)18(23)26)8-12-2-1-3-12/h4-7,12,14-15H,1-3,8-11H2/t14-,15+/m0/s1. The highest BCUT2D eigenvalue weighted by Crippen LogP contribution is 2.37. The van der Waals surface area contributed by atoms with Gasteiger partial charge in [0, 0.05) is 56.0 Å².